The third-order valence-corrected chi connectivity index (χ3v) is 5.23. The van der Waals surface area contributed by atoms with Crippen molar-refractivity contribution in [1.29, 1.82) is 0 Å². The third kappa shape index (κ3) is 4.96. The molecule has 1 amide bonds. The summed E-state index contributed by atoms with van der Waals surface area (Å²) in [6.45, 7) is 1.75. The van der Waals surface area contributed by atoms with Crippen molar-refractivity contribution >= 4 is 44.3 Å². The Kier molecular flexibility index (Phi) is 6.43. The SMILES string of the molecule is COC(=O)COc1cccc(C(=O)Nc2nc(-c3ccc(Br)cc3)c(C)s2)c1. The molecular formula is C20H17BrN2O4S. The molecule has 8 heteroatoms. The molecular weight excluding hydrogens is 444 g/mol. The molecule has 0 saturated carbocycles. The van der Waals surface area contributed by atoms with Crippen LogP contribution in [0.4, 0.5) is 5.13 Å². The average Bonchev–Trinajstić information content (AvgIpc) is 3.06. The zero-order valence-corrected chi connectivity index (χ0v) is 17.6. The summed E-state index contributed by atoms with van der Waals surface area (Å²) in [5, 5.41) is 3.33. The van der Waals surface area contributed by atoms with Gasteiger partial charge < -0.3 is 9.47 Å². The fourth-order valence-corrected chi connectivity index (χ4v) is 3.52. The number of aryl methyl sites for hydroxylation is 1. The van der Waals surface area contributed by atoms with Gasteiger partial charge in [-0.2, -0.15) is 0 Å². The van der Waals surface area contributed by atoms with Crippen LogP contribution >= 0.6 is 27.3 Å². The number of thiazole rings is 1. The number of halogens is 1. The monoisotopic (exact) mass is 460 g/mol. The molecule has 1 aromatic heterocycles. The van der Waals surface area contributed by atoms with Crippen molar-refractivity contribution in [1.82, 2.24) is 4.98 Å². The van der Waals surface area contributed by atoms with E-state index in [1.807, 2.05) is 31.2 Å². The van der Waals surface area contributed by atoms with Crippen LogP contribution in [-0.4, -0.2) is 30.6 Å². The second-order valence-corrected chi connectivity index (χ2v) is 7.90. The summed E-state index contributed by atoms with van der Waals surface area (Å²) in [6.07, 6.45) is 0. The number of anilines is 1. The highest BCUT2D eigenvalue weighted by Gasteiger charge is 2.14. The van der Waals surface area contributed by atoms with Gasteiger partial charge in [0, 0.05) is 20.5 Å². The van der Waals surface area contributed by atoms with E-state index in [0.717, 1.165) is 20.6 Å². The number of benzene rings is 2. The molecule has 0 fully saturated rings. The number of ether oxygens (including phenoxy) is 2. The number of carbonyl (C=O) groups is 2. The predicted molar refractivity (Wildman–Crippen MR) is 112 cm³/mol. The van der Waals surface area contributed by atoms with Crippen molar-refractivity contribution in [2.24, 2.45) is 0 Å². The quantitative estimate of drug-likeness (QED) is 0.540. The lowest BCUT2D eigenvalue weighted by Crippen LogP contribution is -2.14. The molecule has 2 aromatic carbocycles. The van der Waals surface area contributed by atoms with Gasteiger partial charge in [0.1, 0.15) is 5.75 Å². The van der Waals surface area contributed by atoms with E-state index in [0.29, 0.717) is 16.4 Å². The van der Waals surface area contributed by atoms with Gasteiger partial charge in [0.25, 0.3) is 5.91 Å². The van der Waals surface area contributed by atoms with Crippen LogP contribution < -0.4 is 10.1 Å². The molecule has 3 aromatic rings. The predicted octanol–water partition coefficient (Wildman–Crippen LogP) is 4.69. The van der Waals surface area contributed by atoms with Crippen LogP contribution in [0, 0.1) is 6.92 Å². The molecule has 0 bridgehead atoms. The van der Waals surface area contributed by atoms with Crippen LogP contribution in [0.5, 0.6) is 5.75 Å². The summed E-state index contributed by atoms with van der Waals surface area (Å²) in [7, 11) is 1.29. The minimum absolute atomic E-state index is 0.218. The lowest BCUT2D eigenvalue weighted by Gasteiger charge is -2.07. The van der Waals surface area contributed by atoms with Crippen molar-refractivity contribution < 1.29 is 19.1 Å². The van der Waals surface area contributed by atoms with E-state index in [2.05, 4.69) is 31.0 Å². The van der Waals surface area contributed by atoms with Crippen molar-refractivity contribution in [2.45, 2.75) is 6.92 Å². The first kappa shape index (κ1) is 20.0. The van der Waals surface area contributed by atoms with Gasteiger partial charge in [0.15, 0.2) is 11.7 Å². The lowest BCUT2D eigenvalue weighted by molar-refractivity contribution is -0.142. The van der Waals surface area contributed by atoms with E-state index in [-0.39, 0.29) is 12.5 Å². The van der Waals surface area contributed by atoms with Gasteiger partial charge >= 0.3 is 5.97 Å². The summed E-state index contributed by atoms with van der Waals surface area (Å²) in [5.74, 6) is -0.392. The highest BCUT2D eigenvalue weighted by Crippen LogP contribution is 2.31. The number of carbonyl (C=O) groups excluding carboxylic acids is 2. The van der Waals surface area contributed by atoms with Gasteiger partial charge in [-0.05, 0) is 37.3 Å². The Hall–Kier alpha value is -2.71. The van der Waals surface area contributed by atoms with Crippen molar-refractivity contribution in [3.63, 3.8) is 0 Å². The summed E-state index contributed by atoms with van der Waals surface area (Å²) < 4.78 is 10.8. The summed E-state index contributed by atoms with van der Waals surface area (Å²) >= 11 is 4.83. The Morgan fingerprint density at radius 3 is 2.64 bits per heavy atom. The maximum atomic E-state index is 12.6. The fourth-order valence-electron chi connectivity index (χ4n) is 2.42. The summed E-state index contributed by atoms with van der Waals surface area (Å²) in [4.78, 5) is 29.3. The maximum Gasteiger partial charge on any atom is 0.343 e. The summed E-state index contributed by atoms with van der Waals surface area (Å²) in [5.41, 5.74) is 2.22. The third-order valence-electron chi connectivity index (χ3n) is 3.82. The van der Waals surface area contributed by atoms with E-state index in [9.17, 15) is 9.59 Å². The van der Waals surface area contributed by atoms with Crippen molar-refractivity contribution in [3.05, 3.63) is 63.4 Å². The molecule has 6 nitrogen and oxygen atoms in total. The second kappa shape index (κ2) is 8.99. The van der Waals surface area contributed by atoms with E-state index < -0.39 is 5.97 Å². The molecule has 144 valence electrons. The molecule has 0 aliphatic carbocycles. The molecule has 3 rings (SSSR count). The van der Waals surface area contributed by atoms with E-state index in [4.69, 9.17) is 4.74 Å². The highest BCUT2D eigenvalue weighted by molar-refractivity contribution is 9.10. The number of methoxy groups -OCH3 is 1. The number of esters is 1. The average molecular weight is 461 g/mol. The minimum atomic E-state index is -0.492. The molecule has 0 spiro atoms. The molecule has 0 saturated heterocycles. The first-order valence-electron chi connectivity index (χ1n) is 8.30. The number of rotatable bonds is 6. The molecule has 0 aliphatic rings. The summed E-state index contributed by atoms with van der Waals surface area (Å²) in [6, 6.07) is 14.4. The zero-order chi connectivity index (χ0) is 20.1. The van der Waals surface area contributed by atoms with Gasteiger partial charge in [-0.3, -0.25) is 10.1 Å². The van der Waals surface area contributed by atoms with Crippen LogP contribution in [-0.2, 0) is 9.53 Å². The van der Waals surface area contributed by atoms with Crippen LogP contribution in [0.15, 0.2) is 53.0 Å². The van der Waals surface area contributed by atoms with Crippen molar-refractivity contribution in [3.8, 4) is 17.0 Å². The molecule has 1 N–H and O–H groups in total. The molecule has 0 atom stereocenters. The first-order valence-corrected chi connectivity index (χ1v) is 9.91. The number of amides is 1. The Morgan fingerprint density at radius 2 is 1.93 bits per heavy atom. The number of hydrogen-bond acceptors (Lipinski definition) is 6. The van der Waals surface area contributed by atoms with Gasteiger partial charge in [-0.25, -0.2) is 9.78 Å². The van der Waals surface area contributed by atoms with E-state index in [1.165, 1.54) is 18.4 Å². The van der Waals surface area contributed by atoms with Gasteiger partial charge in [-0.1, -0.05) is 34.1 Å². The number of hydrogen-bond donors (Lipinski definition) is 1. The van der Waals surface area contributed by atoms with Crippen LogP contribution in [0.2, 0.25) is 0 Å². The fraction of sp³-hybridized carbons (Fsp3) is 0.150. The van der Waals surface area contributed by atoms with E-state index in [1.54, 1.807) is 24.3 Å². The van der Waals surface area contributed by atoms with Crippen LogP contribution in [0.25, 0.3) is 11.3 Å². The van der Waals surface area contributed by atoms with E-state index >= 15 is 0 Å². The molecule has 0 aliphatic heterocycles. The molecule has 28 heavy (non-hydrogen) atoms. The smallest absolute Gasteiger partial charge is 0.343 e. The number of aromatic nitrogens is 1. The Balaban J connectivity index is 1.72. The standard InChI is InChI=1S/C20H17BrN2O4S/c1-12-18(13-6-8-15(21)9-7-13)22-20(28-12)23-19(25)14-4-3-5-16(10-14)27-11-17(24)26-2/h3-10H,11H2,1-2H3,(H,22,23,25). The van der Waals surface area contributed by atoms with Crippen LogP contribution in [0.1, 0.15) is 15.2 Å². The lowest BCUT2D eigenvalue weighted by atomic mass is 10.1. The van der Waals surface area contributed by atoms with Gasteiger partial charge in [0.05, 0.1) is 12.8 Å². The second-order valence-electron chi connectivity index (χ2n) is 5.78. The van der Waals surface area contributed by atoms with Crippen LogP contribution in [0.3, 0.4) is 0 Å². The van der Waals surface area contributed by atoms with Crippen molar-refractivity contribution in [2.75, 3.05) is 19.0 Å². The Morgan fingerprint density at radius 1 is 1.18 bits per heavy atom. The largest absolute Gasteiger partial charge is 0.482 e. The zero-order valence-electron chi connectivity index (χ0n) is 15.2. The van der Waals surface area contributed by atoms with Gasteiger partial charge in [-0.15, -0.1) is 11.3 Å². The molecule has 0 radical (unpaired) electrons. The van der Waals surface area contributed by atoms with Gasteiger partial charge in [0.2, 0.25) is 0 Å². The minimum Gasteiger partial charge on any atom is -0.482 e. The topological polar surface area (TPSA) is 77.5 Å². The number of nitrogens with one attached hydrogen (secondary N) is 1. The first-order chi connectivity index (χ1) is 13.5. The normalized spacial score (nSPS) is 10.4. The molecule has 1 heterocycles. The number of nitrogens with zero attached hydrogens (tertiary/aromatic N) is 1. The highest BCUT2D eigenvalue weighted by atomic mass is 79.9. The molecule has 0 unspecified atom stereocenters. The Bertz CT molecular complexity index is 1000. The maximum absolute atomic E-state index is 12.6. The Labute approximate surface area is 174 Å².